The molecule has 1 amide bonds. The molecule has 6 heteroatoms. The van der Waals surface area contributed by atoms with E-state index in [0.29, 0.717) is 18.9 Å². The zero-order chi connectivity index (χ0) is 18.6. The van der Waals surface area contributed by atoms with Gasteiger partial charge in [-0.3, -0.25) is 14.7 Å². The van der Waals surface area contributed by atoms with Crippen molar-refractivity contribution in [2.75, 3.05) is 25.0 Å². The van der Waals surface area contributed by atoms with Crippen molar-refractivity contribution < 1.29 is 9.32 Å². The average Bonchev–Trinajstić information content (AvgIpc) is 3.29. The largest absolute Gasteiger partial charge is 0.359 e. The van der Waals surface area contributed by atoms with Crippen molar-refractivity contribution >= 4 is 11.6 Å². The van der Waals surface area contributed by atoms with Gasteiger partial charge in [-0.05, 0) is 37.2 Å². The first-order chi connectivity index (χ1) is 13.2. The molecule has 0 aliphatic carbocycles. The van der Waals surface area contributed by atoms with E-state index in [1.165, 1.54) is 0 Å². The lowest BCUT2D eigenvalue weighted by Gasteiger charge is -2.20. The molecule has 0 N–H and O–H groups in total. The Morgan fingerprint density at radius 3 is 2.74 bits per heavy atom. The highest BCUT2D eigenvalue weighted by atomic mass is 16.5. The molecule has 3 aromatic rings. The maximum atomic E-state index is 12.4. The van der Waals surface area contributed by atoms with Crippen LogP contribution in [0.25, 0.3) is 11.3 Å². The number of rotatable bonds is 6. The van der Waals surface area contributed by atoms with E-state index in [4.69, 9.17) is 4.52 Å². The zero-order valence-electron chi connectivity index (χ0n) is 15.3. The fourth-order valence-corrected chi connectivity index (χ4v) is 3.58. The third-order valence-corrected chi connectivity index (χ3v) is 4.80. The van der Waals surface area contributed by atoms with Crippen molar-refractivity contribution in [2.45, 2.75) is 13.0 Å². The Kier molecular flexibility index (Phi) is 4.98. The number of para-hydroxylation sites is 1. The Bertz CT molecular complexity index is 895. The average molecular weight is 362 g/mol. The van der Waals surface area contributed by atoms with Crippen LogP contribution < -0.4 is 4.90 Å². The second kappa shape index (κ2) is 7.72. The van der Waals surface area contributed by atoms with E-state index in [0.717, 1.165) is 35.8 Å². The third kappa shape index (κ3) is 4.06. The van der Waals surface area contributed by atoms with E-state index in [1.807, 2.05) is 60.5 Å². The van der Waals surface area contributed by atoms with Gasteiger partial charge in [0.2, 0.25) is 5.91 Å². The molecule has 0 saturated carbocycles. The smallest absolute Gasteiger partial charge is 0.227 e. The molecule has 1 atom stereocenters. The Labute approximate surface area is 158 Å². The zero-order valence-corrected chi connectivity index (χ0v) is 15.3. The lowest BCUT2D eigenvalue weighted by Crippen LogP contribution is -2.28. The van der Waals surface area contributed by atoms with Crippen LogP contribution in [0.1, 0.15) is 12.2 Å². The van der Waals surface area contributed by atoms with Gasteiger partial charge in [0.05, 0.1) is 6.54 Å². The van der Waals surface area contributed by atoms with Crippen molar-refractivity contribution in [1.29, 1.82) is 0 Å². The minimum Gasteiger partial charge on any atom is -0.359 e. The minimum atomic E-state index is 0.194. The number of benzene rings is 1. The molecule has 1 fully saturated rings. The SMILES string of the molecule is CN(Cc1cc(-c2ccncc2)no1)C[C@@H]1CC(=O)N(c2ccccc2)C1. The Hall–Kier alpha value is -2.99. The van der Waals surface area contributed by atoms with Gasteiger partial charge < -0.3 is 9.42 Å². The number of carbonyl (C=O) groups excluding carboxylic acids is 1. The maximum absolute atomic E-state index is 12.4. The van der Waals surface area contributed by atoms with Crippen LogP contribution >= 0.6 is 0 Å². The van der Waals surface area contributed by atoms with E-state index < -0.39 is 0 Å². The Morgan fingerprint density at radius 1 is 1.19 bits per heavy atom. The van der Waals surface area contributed by atoms with Crippen molar-refractivity contribution in [1.82, 2.24) is 15.0 Å². The molecule has 27 heavy (non-hydrogen) atoms. The van der Waals surface area contributed by atoms with Crippen molar-refractivity contribution in [2.24, 2.45) is 5.92 Å². The molecular formula is C21H22N4O2. The van der Waals surface area contributed by atoms with Crippen LogP contribution in [0.15, 0.2) is 65.4 Å². The van der Waals surface area contributed by atoms with E-state index in [9.17, 15) is 4.79 Å². The number of amides is 1. The summed E-state index contributed by atoms with van der Waals surface area (Å²) in [6, 6.07) is 15.6. The number of nitrogens with zero attached hydrogens (tertiary/aromatic N) is 4. The van der Waals surface area contributed by atoms with Gasteiger partial charge in [0.25, 0.3) is 0 Å². The van der Waals surface area contributed by atoms with Crippen LogP contribution in [-0.4, -0.2) is 41.1 Å². The number of pyridine rings is 1. The number of hydrogen-bond acceptors (Lipinski definition) is 5. The molecule has 0 bridgehead atoms. The summed E-state index contributed by atoms with van der Waals surface area (Å²) in [6.07, 6.45) is 4.06. The summed E-state index contributed by atoms with van der Waals surface area (Å²) in [5.74, 6) is 1.32. The van der Waals surface area contributed by atoms with Gasteiger partial charge in [-0.15, -0.1) is 0 Å². The second-order valence-corrected chi connectivity index (χ2v) is 7.02. The molecule has 0 spiro atoms. The highest BCUT2D eigenvalue weighted by molar-refractivity contribution is 5.95. The van der Waals surface area contributed by atoms with Gasteiger partial charge >= 0.3 is 0 Å². The number of hydrogen-bond donors (Lipinski definition) is 0. The number of carbonyl (C=O) groups is 1. The first-order valence-electron chi connectivity index (χ1n) is 9.09. The molecule has 1 aromatic carbocycles. The normalized spacial score (nSPS) is 17.0. The van der Waals surface area contributed by atoms with Crippen molar-refractivity contribution in [3.8, 4) is 11.3 Å². The lowest BCUT2D eigenvalue weighted by molar-refractivity contribution is -0.117. The van der Waals surface area contributed by atoms with E-state index >= 15 is 0 Å². The topological polar surface area (TPSA) is 62.5 Å². The molecule has 4 rings (SSSR count). The van der Waals surface area contributed by atoms with Crippen molar-refractivity contribution in [3.05, 3.63) is 66.7 Å². The summed E-state index contributed by atoms with van der Waals surface area (Å²) in [4.78, 5) is 20.4. The van der Waals surface area contributed by atoms with Crippen LogP contribution in [-0.2, 0) is 11.3 Å². The summed E-state index contributed by atoms with van der Waals surface area (Å²) >= 11 is 0. The van der Waals surface area contributed by atoms with Crippen LogP contribution in [0, 0.1) is 5.92 Å². The van der Waals surface area contributed by atoms with Gasteiger partial charge in [0.1, 0.15) is 5.69 Å². The lowest BCUT2D eigenvalue weighted by atomic mass is 10.1. The number of aromatic nitrogens is 2. The summed E-state index contributed by atoms with van der Waals surface area (Å²) in [5.41, 5.74) is 2.78. The highest BCUT2D eigenvalue weighted by Crippen LogP contribution is 2.26. The predicted octanol–water partition coefficient (Wildman–Crippen LogP) is 3.22. The summed E-state index contributed by atoms with van der Waals surface area (Å²) in [5, 5.41) is 4.14. The molecule has 138 valence electrons. The fourth-order valence-electron chi connectivity index (χ4n) is 3.58. The van der Waals surface area contributed by atoms with E-state index in [2.05, 4.69) is 15.0 Å². The number of anilines is 1. The molecule has 0 unspecified atom stereocenters. The van der Waals surface area contributed by atoms with Crippen LogP contribution in [0.5, 0.6) is 0 Å². The monoisotopic (exact) mass is 362 g/mol. The molecule has 1 saturated heterocycles. The minimum absolute atomic E-state index is 0.194. The maximum Gasteiger partial charge on any atom is 0.227 e. The van der Waals surface area contributed by atoms with Crippen LogP contribution in [0.4, 0.5) is 5.69 Å². The first-order valence-corrected chi connectivity index (χ1v) is 9.09. The van der Waals surface area contributed by atoms with Crippen LogP contribution in [0.2, 0.25) is 0 Å². The fraction of sp³-hybridized carbons (Fsp3) is 0.286. The summed E-state index contributed by atoms with van der Waals surface area (Å²) < 4.78 is 5.48. The van der Waals surface area contributed by atoms with Gasteiger partial charge in [0.15, 0.2) is 5.76 Å². The summed E-state index contributed by atoms with van der Waals surface area (Å²) in [6.45, 7) is 2.25. The quantitative estimate of drug-likeness (QED) is 0.674. The van der Waals surface area contributed by atoms with Gasteiger partial charge in [-0.2, -0.15) is 0 Å². The van der Waals surface area contributed by atoms with Crippen molar-refractivity contribution in [3.63, 3.8) is 0 Å². The molecule has 1 aliphatic rings. The van der Waals surface area contributed by atoms with Gasteiger partial charge in [-0.25, -0.2) is 0 Å². The first kappa shape index (κ1) is 17.4. The Morgan fingerprint density at radius 2 is 1.96 bits per heavy atom. The van der Waals surface area contributed by atoms with E-state index in [1.54, 1.807) is 12.4 Å². The third-order valence-electron chi connectivity index (χ3n) is 4.80. The molecule has 6 nitrogen and oxygen atoms in total. The van der Waals surface area contributed by atoms with Gasteiger partial charge in [-0.1, -0.05) is 23.4 Å². The van der Waals surface area contributed by atoms with Crippen LogP contribution in [0.3, 0.4) is 0 Å². The molecular weight excluding hydrogens is 340 g/mol. The van der Waals surface area contributed by atoms with E-state index in [-0.39, 0.29) is 5.91 Å². The highest BCUT2D eigenvalue weighted by Gasteiger charge is 2.31. The summed E-state index contributed by atoms with van der Waals surface area (Å²) in [7, 11) is 2.05. The molecule has 1 aliphatic heterocycles. The Balaban J connectivity index is 1.34. The standard InChI is InChI=1S/C21H22N4O2/c1-24(15-19-12-20(23-27-19)17-7-9-22-10-8-17)13-16-11-21(26)25(14-16)18-5-3-2-4-6-18/h2-10,12,16H,11,13-15H2,1H3/t16-/m0/s1. The predicted molar refractivity (Wildman–Crippen MR) is 103 cm³/mol. The van der Waals surface area contributed by atoms with Gasteiger partial charge in [0, 0.05) is 49.2 Å². The molecule has 3 heterocycles. The molecule has 2 aromatic heterocycles. The second-order valence-electron chi connectivity index (χ2n) is 7.02. The molecule has 0 radical (unpaired) electrons.